The quantitative estimate of drug-likeness (QED) is 0.755. The number of rotatable bonds is 2. The maximum absolute atomic E-state index is 4.32. The molecule has 0 N–H and O–H groups in total. The monoisotopic (exact) mass is 225 g/mol. The normalized spacial score (nSPS) is 10.6. The van der Waals surface area contributed by atoms with E-state index in [0.717, 1.165) is 12.1 Å². The lowest BCUT2D eigenvalue weighted by Gasteiger charge is -2.10. The molecule has 2 aromatic rings. The van der Waals surface area contributed by atoms with Gasteiger partial charge in [0, 0.05) is 11.9 Å². The van der Waals surface area contributed by atoms with Crippen LogP contribution >= 0.6 is 0 Å². The molecule has 0 amide bonds. The number of hydrogen-bond donors (Lipinski definition) is 0. The highest BCUT2D eigenvalue weighted by molar-refractivity contribution is 5.37. The highest BCUT2D eigenvalue weighted by Gasteiger charge is 2.04. The van der Waals surface area contributed by atoms with Crippen LogP contribution in [-0.2, 0) is 6.42 Å². The van der Waals surface area contributed by atoms with Gasteiger partial charge in [0.15, 0.2) is 0 Å². The van der Waals surface area contributed by atoms with Crippen molar-refractivity contribution in [3.05, 3.63) is 64.0 Å². The van der Waals surface area contributed by atoms with E-state index in [-0.39, 0.29) is 0 Å². The van der Waals surface area contributed by atoms with Crippen LogP contribution < -0.4 is 0 Å². The summed E-state index contributed by atoms with van der Waals surface area (Å²) < 4.78 is 0. The zero-order valence-corrected chi connectivity index (χ0v) is 11.0. The molecule has 1 nitrogen and oxygen atoms in total. The third kappa shape index (κ3) is 2.73. The zero-order chi connectivity index (χ0) is 12.4. The van der Waals surface area contributed by atoms with Gasteiger partial charge in [-0.05, 0) is 62.4 Å². The van der Waals surface area contributed by atoms with Crippen LogP contribution in [0, 0.1) is 27.7 Å². The summed E-state index contributed by atoms with van der Waals surface area (Å²) in [5.41, 5.74) is 7.86. The van der Waals surface area contributed by atoms with E-state index in [1.807, 2.05) is 13.1 Å². The second-order valence-corrected chi connectivity index (χ2v) is 4.86. The van der Waals surface area contributed by atoms with Crippen molar-refractivity contribution in [2.75, 3.05) is 0 Å². The van der Waals surface area contributed by atoms with Gasteiger partial charge in [-0.1, -0.05) is 23.8 Å². The second kappa shape index (κ2) is 4.70. The first-order valence-corrected chi connectivity index (χ1v) is 6.04. The SMILES string of the molecule is Cc1ccc(C)c(Cc2cc(C)ncc2C)c1. The Labute approximate surface area is 104 Å². The summed E-state index contributed by atoms with van der Waals surface area (Å²) in [6.45, 7) is 8.50. The Hall–Kier alpha value is -1.63. The van der Waals surface area contributed by atoms with Crippen LogP contribution in [0.3, 0.4) is 0 Å². The molecule has 0 aliphatic carbocycles. The number of pyridine rings is 1. The molecule has 0 atom stereocenters. The molecule has 1 aromatic heterocycles. The van der Waals surface area contributed by atoms with Gasteiger partial charge in [0.1, 0.15) is 0 Å². The van der Waals surface area contributed by atoms with E-state index >= 15 is 0 Å². The predicted octanol–water partition coefficient (Wildman–Crippen LogP) is 3.91. The predicted molar refractivity (Wildman–Crippen MR) is 72.4 cm³/mol. The third-order valence-corrected chi connectivity index (χ3v) is 3.24. The first-order chi connectivity index (χ1) is 8.06. The number of nitrogens with zero attached hydrogens (tertiary/aromatic N) is 1. The fourth-order valence-corrected chi connectivity index (χ4v) is 2.07. The van der Waals surface area contributed by atoms with E-state index in [0.29, 0.717) is 0 Å². The number of hydrogen-bond acceptors (Lipinski definition) is 1. The van der Waals surface area contributed by atoms with Gasteiger partial charge in [-0.3, -0.25) is 4.98 Å². The minimum absolute atomic E-state index is 1.00. The van der Waals surface area contributed by atoms with Gasteiger partial charge in [-0.15, -0.1) is 0 Å². The Bertz CT molecular complexity index is 492. The number of benzene rings is 1. The van der Waals surface area contributed by atoms with Gasteiger partial charge in [0.25, 0.3) is 0 Å². The van der Waals surface area contributed by atoms with Gasteiger partial charge in [0.2, 0.25) is 0 Å². The van der Waals surface area contributed by atoms with Crippen LogP contribution in [0.15, 0.2) is 30.5 Å². The summed E-state index contributed by atoms with van der Waals surface area (Å²) in [5.74, 6) is 0. The van der Waals surface area contributed by atoms with E-state index in [1.165, 1.54) is 27.8 Å². The summed E-state index contributed by atoms with van der Waals surface area (Å²) in [6, 6.07) is 8.85. The fourth-order valence-electron chi connectivity index (χ4n) is 2.07. The van der Waals surface area contributed by atoms with Crippen molar-refractivity contribution in [2.45, 2.75) is 34.1 Å². The summed E-state index contributed by atoms with van der Waals surface area (Å²) >= 11 is 0. The molecule has 0 spiro atoms. The van der Waals surface area contributed by atoms with Gasteiger partial charge in [-0.25, -0.2) is 0 Å². The van der Waals surface area contributed by atoms with Gasteiger partial charge >= 0.3 is 0 Å². The molecule has 0 saturated heterocycles. The molecule has 0 unspecified atom stereocenters. The van der Waals surface area contributed by atoms with Gasteiger partial charge < -0.3 is 0 Å². The Balaban J connectivity index is 2.37. The highest BCUT2D eigenvalue weighted by atomic mass is 14.7. The number of aromatic nitrogens is 1. The molecule has 0 fully saturated rings. The molecule has 88 valence electrons. The van der Waals surface area contributed by atoms with Gasteiger partial charge in [-0.2, -0.15) is 0 Å². The van der Waals surface area contributed by atoms with Crippen molar-refractivity contribution in [3.63, 3.8) is 0 Å². The maximum atomic E-state index is 4.32. The van der Waals surface area contributed by atoms with Crippen LogP contribution in [0.25, 0.3) is 0 Å². The van der Waals surface area contributed by atoms with Crippen molar-refractivity contribution < 1.29 is 0 Å². The smallest absolute Gasteiger partial charge is 0.0375 e. The largest absolute Gasteiger partial charge is 0.261 e. The molecule has 17 heavy (non-hydrogen) atoms. The lowest BCUT2D eigenvalue weighted by Crippen LogP contribution is -1.97. The van der Waals surface area contributed by atoms with E-state index in [1.54, 1.807) is 0 Å². The fraction of sp³-hybridized carbons (Fsp3) is 0.312. The number of aryl methyl sites for hydroxylation is 4. The molecule has 0 saturated carbocycles. The van der Waals surface area contributed by atoms with Crippen LogP contribution in [0.2, 0.25) is 0 Å². The van der Waals surface area contributed by atoms with Crippen LogP contribution in [-0.4, -0.2) is 4.98 Å². The first kappa shape index (κ1) is 11.8. The molecule has 1 aromatic carbocycles. The topological polar surface area (TPSA) is 12.9 Å². The van der Waals surface area contributed by atoms with Crippen LogP contribution in [0.5, 0.6) is 0 Å². The Morgan fingerprint density at radius 2 is 1.59 bits per heavy atom. The molecule has 0 aliphatic rings. The van der Waals surface area contributed by atoms with Crippen LogP contribution in [0.1, 0.15) is 33.5 Å². The molecule has 0 radical (unpaired) electrons. The average molecular weight is 225 g/mol. The minimum atomic E-state index is 1.00. The molecular formula is C16H19N. The Morgan fingerprint density at radius 1 is 0.882 bits per heavy atom. The molecule has 2 rings (SSSR count). The molecular weight excluding hydrogens is 206 g/mol. The lowest BCUT2D eigenvalue weighted by molar-refractivity contribution is 1.07. The minimum Gasteiger partial charge on any atom is -0.261 e. The molecule has 0 bridgehead atoms. The van der Waals surface area contributed by atoms with Crippen molar-refractivity contribution in [2.24, 2.45) is 0 Å². The zero-order valence-electron chi connectivity index (χ0n) is 11.0. The Morgan fingerprint density at radius 3 is 2.35 bits per heavy atom. The van der Waals surface area contributed by atoms with E-state index in [9.17, 15) is 0 Å². The standard InChI is InChI=1S/C16H19N/c1-11-5-6-12(2)15(7-11)9-16-8-14(4)17-10-13(16)3/h5-8,10H,9H2,1-4H3. The van der Waals surface area contributed by atoms with E-state index < -0.39 is 0 Å². The molecule has 1 heterocycles. The van der Waals surface area contributed by atoms with Crippen molar-refractivity contribution in [1.82, 2.24) is 4.98 Å². The molecule has 1 heteroatoms. The average Bonchev–Trinajstić information content (AvgIpc) is 2.28. The van der Waals surface area contributed by atoms with E-state index in [2.05, 4.69) is 50.0 Å². The van der Waals surface area contributed by atoms with Crippen LogP contribution in [0.4, 0.5) is 0 Å². The maximum Gasteiger partial charge on any atom is 0.0375 e. The summed E-state index contributed by atoms with van der Waals surface area (Å²) in [4.78, 5) is 4.32. The van der Waals surface area contributed by atoms with Gasteiger partial charge in [0.05, 0.1) is 0 Å². The Kier molecular flexibility index (Phi) is 3.28. The summed E-state index contributed by atoms with van der Waals surface area (Å²) in [5, 5.41) is 0. The first-order valence-electron chi connectivity index (χ1n) is 6.04. The third-order valence-electron chi connectivity index (χ3n) is 3.24. The highest BCUT2D eigenvalue weighted by Crippen LogP contribution is 2.18. The summed E-state index contributed by atoms with van der Waals surface area (Å²) in [6.07, 6.45) is 2.97. The van der Waals surface area contributed by atoms with E-state index in [4.69, 9.17) is 0 Å². The summed E-state index contributed by atoms with van der Waals surface area (Å²) in [7, 11) is 0. The van der Waals surface area contributed by atoms with Crippen molar-refractivity contribution >= 4 is 0 Å². The second-order valence-electron chi connectivity index (χ2n) is 4.86. The van der Waals surface area contributed by atoms with Crippen molar-refractivity contribution in [3.8, 4) is 0 Å². The van der Waals surface area contributed by atoms with Crippen molar-refractivity contribution in [1.29, 1.82) is 0 Å². The lowest BCUT2D eigenvalue weighted by atomic mass is 9.97. The molecule has 0 aliphatic heterocycles.